The normalized spacial score (nSPS) is 13.7. The Labute approximate surface area is 415 Å². The molecule has 1 aromatic heterocycles. The van der Waals surface area contributed by atoms with Gasteiger partial charge in [0.2, 0.25) is 0 Å². The molecule has 1 heterocycles. The van der Waals surface area contributed by atoms with Crippen molar-refractivity contribution in [3.05, 3.63) is 254 Å². The third-order valence-electron chi connectivity index (χ3n) is 15.2. The first-order valence-corrected chi connectivity index (χ1v) is 25.5. The van der Waals surface area contributed by atoms with E-state index in [1.54, 1.807) is 0 Å². The van der Waals surface area contributed by atoms with Gasteiger partial charge in [0.05, 0.1) is 6.04 Å². The lowest BCUT2D eigenvalue weighted by Gasteiger charge is -2.35. The van der Waals surface area contributed by atoms with E-state index in [4.69, 9.17) is 0 Å². The van der Waals surface area contributed by atoms with Crippen LogP contribution in [0.25, 0.3) is 102 Å². The molecule has 0 spiro atoms. The molecule has 0 unspecified atom stereocenters. The highest BCUT2D eigenvalue weighted by Gasteiger charge is 2.25. The van der Waals surface area contributed by atoms with Crippen LogP contribution in [0.1, 0.15) is 11.1 Å². The number of anilines is 5. The molecule has 2 nitrogen and oxygen atoms in total. The number of benzene rings is 13. The topological polar surface area (TPSA) is 6.48 Å². The van der Waals surface area contributed by atoms with Crippen molar-refractivity contribution in [1.82, 2.24) is 0 Å². The third-order valence-corrected chi connectivity index (χ3v) is 16.4. The van der Waals surface area contributed by atoms with E-state index < -0.39 is 0 Å². The summed E-state index contributed by atoms with van der Waals surface area (Å²) in [5.41, 5.74) is 8.46. The van der Waals surface area contributed by atoms with E-state index in [0.29, 0.717) is 0 Å². The van der Waals surface area contributed by atoms with E-state index in [-0.39, 0.29) is 6.04 Å². The molecule has 14 aromatic rings. The van der Waals surface area contributed by atoms with E-state index >= 15 is 0 Å². The largest absolute Gasteiger partial charge is 0.334 e. The molecular formula is C68H44N2S. The lowest BCUT2D eigenvalue weighted by Crippen LogP contribution is -2.32. The fourth-order valence-electron chi connectivity index (χ4n) is 11.9. The van der Waals surface area contributed by atoms with Crippen LogP contribution in [0.2, 0.25) is 0 Å². The van der Waals surface area contributed by atoms with Gasteiger partial charge in [-0.15, -0.1) is 11.3 Å². The zero-order valence-electron chi connectivity index (χ0n) is 38.8. The maximum Gasteiger partial charge on any atom is 0.0566 e. The van der Waals surface area contributed by atoms with Crippen LogP contribution >= 0.6 is 11.3 Å². The summed E-state index contributed by atoms with van der Waals surface area (Å²) in [6, 6.07) is 88.4. The third kappa shape index (κ3) is 6.47. The molecule has 15 rings (SSSR count). The lowest BCUT2D eigenvalue weighted by molar-refractivity contribution is 0.767. The van der Waals surface area contributed by atoms with Crippen LogP contribution in [0.4, 0.5) is 28.4 Å². The molecule has 0 radical (unpaired) electrons. The van der Waals surface area contributed by atoms with Gasteiger partial charge in [0.15, 0.2) is 0 Å². The fourth-order valence-corrected chi connectivity index (χ4v) is 13.1. The standard InChI is InChI=1S/C68H44N2S/c1-3-15-49-37-51(29-25-43(49)11-1)69(53-31-27-47-23-21-45-13-5-7-17-57(45)63(47)39-53)55-33-35-61-65(41-55)59-19-9-10-20-60(59)67-62-36-34-56(42-66(62)71-68(61)67)70(52-30-26-44-12-2-4-16-50(44)38-52)54-32-28-48-24-22-46-14-6-8-18-58(46)64(48)40-54/h1-36,38-42,51H,37H2/t51-/m0/s1. The van der Waals surface area contributed by atoms with Gasteiger partial charge in [-0.3, -0.25) is 0 Å². The van der Waals surface area contributed by atoms with Crippen LogP contribution in [0.15, 0.2) is 243 Å². The van der Waals surface area contributed by atoms with E-state index in [2.05, 4.69) is 259 Å². The molecule has 0 saturated carbocycles. The molecular weight excluding hydrogens is 877 g/mol. The highest BCUT2D eigenvalue weighted by Crippen LogP contribution is 2.48. The quantitative estimate of drug-likeness (QED) is 0.153. The first kappa shape index (κ1) is 40.2. The molecule has 3 heteroatoms. The molecule has 0 aliphatic heterocycles. The van der Waals surface area contributed by atoms with Crippen LogP contribution in [-0.2, 0) is 6.42 Å². The number of hydrogen-bond acceptors (Lipinski definition) is 3. The van der Waals surface area contributed by atoms with Crippen LogP contribution in [-0.4, -0.2) is 6.04 Å². The second-order valence-corrected chi connectivity index (χ2v) is 20.3. The minimum atomic E-state index is 0.124. The molecule has 332 valence electrons. The second kappa shape index (κ2) is 15.9. The van der Waals surface area contributed by atoms with E-state index in [0.717, 1.165) is 23.5 Å². The minimum absolute atomic E-state index is 0.124. The maximum absolute atomic E-state index is 2.58. The first-order valence-electron chi connectivity index (χ1n) is 24.6. The number of nitrogens with zero attached hydrogens (tertiary/aromatic N) is 2. The molecule has 13 aromatic carbocycles. The second-order valence-electron chi connectivity index (χ2n) is 19.2. The first-order chi connectivity index (χ1) is 35.2. The SMILES string of the molecule is C1=C[C@H](N(c2ccc3ccc4ccccc4c3c2)c2ccc3c(c2)c2ccccc2c2c4ccc(N(c5ccc6ccccc6c5)c5ccc6ccc7ccccc7c6c5)cc4sc32)Cc2ccccc21. The molecule has 1 atom stereocenters. The Morgan fingerprint density at radius 3 is 1.58 bits per heavy atom. The van der Waals surface area contributed by atoms with Gasteiger partial charge < -0.3 is 9.80 Å². The van der Waals surface area contributed by atoms with E-state index in [1.165, 1.54) is 118 Å². The van der Waals surface area contributed by atoms with Crippen molar-refractivity contribution < 1.29 is 0 Å². The van der Waals surface area contributed by atoms with Gasteiger partial charge >= 0.3 is 0 Å². The van der Waals surface area contributed by atoms with Gasteiger partial charge in [0.25, 0.3) is 0 Å². The number of fused-ring (bicyclic) bond motifs is 16. The highest BCUT2D eigenvalue weighted by atomic mass is 32.1. The number of hydrogen-bond donors (Lipinski definition) is 0. The Balaban J connectivity index is 0.920. The minimum Gasteiger partial charge on any atom is -0.334 e. The predicted octanol–water partition coefficient (Wildman–Crippen LogP) is 19.4. The average Bonchev–Trinajstić information content (AvgIpc) is 3.82. The van der Waals surface area contributed by atoms with Crippen LogP contribution in [0, 0.1) is 0 Å². The number of thiophene rings is 1. The van der Waals surface area contributed by atoms with Crippen molar-refractivity contribution in [2.75, 3.05) is 9.80 Å². The van der Waals surface area contributed by atoms with Crippen molar-refractivity contribution >= 4 is 141 Å². The fraction of sp³-hybridized carbons (Fsp3) is 0.0294. The Kier molecular flexibility index (Phi) is 8.99. The molecule has 1 aliphatic rings. The Morgan fingerprint density at radius 2 is 0.831 bits per heavy atom. The summed E-state index contributed by atoms with van der Waals surface area (Å²) in [6.07, 6.45) is 5.65. The van der Waals surface area contributed by atoms with Crippen molar-refractivity contribution in [2.45, 2.75) is 12.5 Å². The monoisotopic (exact) mass is 920 g/mol. The lowest BCUT2D eigenvalue weighted by atomic mass is 9.91. The van der Waals surface area contributed by atoms with E-state index in [1.807, 2.05) is 11.3 Å². The van der Waals surface area contributed by atoms with Crippen molar-refractivity contribution in [2.24, 2.45) is 0 Å². The zero-order chi connectivity index (χ0) is 46.6. The van der Waals surface area contributed by atoms with Gasteiger partial charge in [0.1, 0.15) is 0 Å². The molecule has 1 aliphatic carbocycles. The van der Waals surface area contributed by atoms with Gasteiger partial charge in [-0.05, 0) is 148 Å². The van der Waals surface area contributed by atoms with Gasteiger partial charge in [-0.1, -0.05) is 188 Å². The molecule has 0 amide bonds. The molecule has 0 N–H and O–H groups in total. The maximum atomic E-state index is 2.58. The predicted molar refractivity (Wildman–Crippen MR) is 308 cm³/mol. The van der Waals surface area contributed by atoms with Crippen LogP contribution in [0.3, 0.4) is 0 Å². The molecule has 71 heavy (non-hydrogen) atoms. The summed E-state index contributed by atoms with van der Waals surface area (Å²) in [6.45, 7) is 0. The Morgan fingerprint density at radius 1 is 0.338 bits per heavy atom. The average molecular weight is 921 g/mol. The summed E-state index contributed by atoms with van der Waals surface area (Å²) in [4.78, 5) is 5.03. The van der Waals surface area contributed by atoms with Gasteiger partial charge in [-0.2, -0.15) is 0 Å². The zero-order valence-corrected chi connectivity index (χ0v) is 39.6. The van der Waals surface area contributed by atoms with Crippen LogP contribution < -0.4 is 9.80 Å². The summed E-state index contributed by atoms with van der Waals surface area (Å²) in [7, 11) is 0. The summed E-state index contributed by atoms with van der Waals surface area (Å²) < 4.78 is 2.59. The molecule has 0 bridgehead atoms. The van der Waals surface area contributed by atoms with Crippen molar-refractivity contribution in [1.29, 1.82) is 0 Å². The Bertz CT molecular complexity index is 4540. The van der Waals surface area contributed by atoms with Crippen molar-refractivity contribution in [3.63, 3.8) is 0 Å². The highest BCUT2D eigenvalue weighted by molar-refractivity contribution is 7.27. The molecule has 0 fully saturated rings. The van der Waals surface area contributed by atoms with E-state index in [9.17, 15) is 0 Å². The smallest absolute Gasteiger partial charge is 0.0566 e. The molecule has 0 saturated heterocycles. The summed E-state index contributed by atoms with van der Waals surface area (Å²) in [5, 5.41) is 20.3. The van der Waals surface area contributed by atoms with Gasteiger partial charge in [-0.25, -0.2) is 0 Å². The number of rotatable bonds is 6. The Hall–Kier alpha value is -8.76. The van der Waals surface area contributed by atoms with Gasteiger partial charge in [0, 0.05) is 54.0 Å². The van der Waals surface area contributed by atoms with Crippen LogP contribution in [0.5, 0.6) is 0 Å². The summed E-state index contributed by atoms with van der Waals surface area (Å²) in [5.74, 6) is 0. The summed E-state index contributed by atoms with van der Waals surface area (Å²) >= 11 is 1.92. The van der Waals surface area contributed by atoms with Crippen molar-refractivity contribution in [3.8, 4) is 0 Å².